The van der Waals surface area contributed by atoms with Gasteiger partial charge < -0.3 is 9.47 Å². The van der Waals surface area contributed by atoms with Crippen molar-refractivity contribution in [1.82, 2.24) is 5.32 Å². The maximum atomic E-state index is 12.3. The fourth-order valence-electron chi connectivity index (χ4n) is 2.37. The van der Waals surface area contributed by atoms with Crippen LogP contribution in [-0.2, 0) is 14.3 Å². The lowest BCUT2D eigenvalue weighted by atomic mass is 9.93. The minimum Gasteiger partial charge on any atom is -0.468 e. The maximum Gasteiger partial charge on any atom is 0.328 e. The van der Waals surface area contributed by atoms with Crippen molar-refractivity contribution >= 4 is 5.97 Å². The van der Waals surface area contributed by atoms with E-state index in [0.29, 0.717) is 24.5 Å². The second-order valence-electron chi connectivity index (χ2n) is 6.42. The number of methoxy groups -OCH3 is 1. The van der Waals surface area contributed by atoms with E-state index in [9.17, 15) is 4.79 Å². The molecule has 0 bridgehead atoms. The molecule has 0 amide bonds. The first-order valence-corrected chi connectivity index (χ1v) is 7.47. The molecule has 2 unspecified atom stereocenters. The Hall–Kier alpha value is -0.610. The van der Waals surface area contributed by atoms with Gasteiger partial charge in [-0.2, -0.15) is 0 Å². The monoisotopic (exact) mass is 269 g/mol. The average molecular weight is 269 g/mol. The van der Waals surface area contributed by atoms with Crippen LogP contribution >= 0.6 is 0 Å². The number of nitrogens with one attached hydrogen (secondary N) is 1. The summed E-state index contributed by atoms with van der Waals surface area (Å²) in [6, 6.07) is 0.470. The molecule has 1 N–H and O–H groups in total. The van der Waals surface area contributed by atoms with Crippen LogP contribution in [0.25, 0.3) is 0 Å². The summed E-state index contributed by atoms with van der Waals surface area (Å²) >= 11 is 0. The quantitative estimate of drug-likeness (QED) is 0.686. The van der Waals surface area contributed by atoms with Gasteiger partial charge in [0.2, 0.25) is 0 Å². The van der Waals surface area contributed by atoms with Crippen LogP contribution in [0.2, 0.25) is 0 Å². The Kier molecular flexibility index (Phi) is 4.51. The van der Waals surface area contributed by atoms with Crippen molar-refractivity contribution in [3.63, 3.8) is 0 Å². The number of carbonyl (C=O) groups excluding carboxylic acids is 1. The number of hydrogen-bond donors (Lipinski definition) is 1. The van der Waals surface area contributed by atoms with Crippen LogP contribution in [-0.4, -0.2) is 37.4 Å². The van der Waals surface area contributed by atoms with Crippen molar-refractivity contribution in [2.75, 3.05) is 13.7 Å². The molecule has 2 atom stereocenters. The van der Waals surface area contributed by atoms with E-state index < -0.39 is 5.54 Å². The highest BCUT2D eigenvalue weighted by molar-refractivity contribution is 5.82. The second kappa shape index (κ2) is 5.80. The molecule has 0 spiro atoms. The van der Waals surface area contributed by atoms with Crippen molar-refractivity contribution in [2.24, 2.45) is 11.8 Å². The number of ether oxygens (including phenoxy) is 2. The highest BCUT2D eigenvalue weighted by Gasteiger charge is 2.54. The van der Waals surface area contributed by atoms with Gasteiger partial charge in [-0.1, -0.05) is 13.8 Å². The summed E-state index contributed by atoms with van der Waals surface area (Å²) in [6.07, 6.45) is 4.66. The van der Waals surface area contributed by atoms with Crippen LogP contribution in [0.15, 0.2) is 0 Å². The molecule has 0 aromatic rings. The third kappa shape index (κ3) is 3.48. The predicted molar refractivity (Wildman–Crippen MR) is 73.9 cm³/mol. The van der Waals surface area contributed by atoms with E-state index in [2.05, 4.69) is 26.1 Å². The van der Waals surface area contributed by atoms with Crippen LogP contribution in [0.3, 0.4) is 0 Å². The molecule has 0 aromatic heterocycles. The molecule has 4 nitrogen and oxygen atoms in total. The molecule has 2 rings (SSSR count). The Morgan fingerprint density at radius 2 is 1.89 bits per heavy atom. The van der Waals surface area contributed by atoms with E-state index in [1.54, 1.807) is 0 Å². The van der Waals surface area contributed by atoms with E-state index in [-0.39, 0.29) is 12.1 Å². The Morgan fingerprint density at radius 3 is 2.32 bits per heavy atom. The fourth-order valence-corrected chi connectivity index (χ4v) is 2.37. The van der Waals surface area contributed by atoms with Gasteiger partial charge in [0.15, 0.2) is 0 Å². The van der Waals surface area contributed by atoms with E-state index in [1.807, 2.05) is 0 Å². The molecule has 0 aliphatic heterocycles. The Morgan fingerprint density at radius 1 is 1.26 bits per heavy atom. The number of rotatable bonds is 8. The Labute approximate surface area is 116 Å². The predicted octanol–water partition coefficient (Wildman–Crippen LogP) is 2.12. The van der Waals surface area contributed by atoms with Crippen molar-refractivity contribution in [2.45, 2.75) is 64.1 Å². The van der Waals surface area contributed by atoms with Crippen LogP contribution in [0.4, 0.5) is 0 Å². The zero-order valence-corrected chi connectivity index (χ0v) is 12.6. The third-order valence-electron chi connectivity index (χ3n) is 4.38. The van der Waals surface area contributed by atoms with Gasteiger partial charge in [-0.15, -0.1) is 0 Å². The zero-order chi connectivity index (χ0) is 14.0. The van der Waals surface area contributed by atoms with Crippen LogP contribution in [0.5, 0.6) is 0 Å². The summed E-state index contributed by atoms with van der Waals surface area (Å²) in [6.45, 7) is 6.77. The van der Waals surface area contributed by atoms with Gasteiger partial charge in [0.25, 0.3) is 0 Å². The summed E-state index contributed by atoms with van der Waals surface area (Å²) < 4.78 is 11.0. The van der Waals surface area contributed by atoms with Gasteiger partial charge >= 0.3 is 5.97 Å². The minimum absolute atomic E-state index is 0.155. The Balaban J connectivity index is 2.04. The van der Waals surface area contributed by atoms with Crippen LogP contribution in [0, 0.1) is 11.8 Å². The molecule has 0 saturated heterocycles. The van der Waals surface area contributed by atoms with Crippen molar-refractivity contribution in [3.05, 3.63) is 0 Å². The van der Waals surface area contributed by atoms with Crippen molar-refractivity contribution < 1.29 is 14.3 Å². The SMILES string of the molecule is COC(=O)C(COC(C)C(C)C)(NC1CC1)C1CC1. The normalized spacial score (nSPS) is 24.1. The van der Waals surface area contributed by atoms with Gasteiger partial charge in [-0.3, -0.25) is 5.32 Å². The smallest absolute Gasteiger partial charge is 0.328 e. The van der Waals surface area contributed by atoms with Gasteiger partial charge in [0.05, 0.1) is 19.8 Å². The summed E-state index contributed by atoms with van der Waals surface area (Å²) in [5.74, 6) is 0.674. The topological polar surface area (TPSA) is 47.6 Å². The molecular formula is C15H27NO3. The van der Waals surface area contributed by atoms with Gasteiger partial charge in [-0.05, 0) is 44.4 Å². The molecule has 0 radical (unpaired) electrons. The summed E-state index contributed by atoms with van der Waals surface area (Å²) in [7, 11) is 1.47. The second-order valence-corrected chi connectivity index (χ2v) is 6.42. The largest absolute Gasteiger partial charge is 0.468 e. The molecule has 0 heterocycles. The van der Waals surface area contributed by atoms with Crippen molar-refractivity contribution in [1.29, 1.82) is 0 Å². The van der Waals surface area contributed by atoms with Crippen LogP contribution < -0.4 is 5.32 Å². The molecule has 110 valence electrons. The van der Waals surface area contributed by atoms with Gasteiger partial charge in [0.1, 0.15) is 5.54 Å². The first-order valence-electron chi connectivity index (χ1n) is 7.47. The fraction of sp³-hybridized carbons (Fsp3) is 0.933. The average Bonchev–Trinajstić information content (AvgIpc) is 3.25. The maximum absolute atomic E-state index is 12.3. The first-order chi connectivity index (χ1) is 8.99. The molecular weight excluding hydrogens is 242 g/mol. The molecule has 2 aliphatic rings. The highest BCUT2D eigenvalue weighted by atomic mass is 16.5. The molecule has 2 aliphatic carbocycles. The summed E-state index contributed by atoms with van der Waals surface area (Å²) in [5, 5.41) is 3.51. The van der Waals surface area contributed by atoms with Gasteiger partial charge in [0, 0.05) is 6.04 Å². The highest BCUT2D eigenvalue weighted by Crippen LogP contribution is 2.42. The lowest BCUT2D eigenvalue weighted by Crippen LogP contribution is -2.59. The van der Waals surface area contributed by atoms with E-state index in [0.717, 1.165) is 25.7 Å². The summed E-state index contributed by atoms with van der Waals surface area (Å²) in [4.78, 5) is 12.3. The van der Waals surface area contributed by atoms with E-state index in [4.69, 9.17) is 9.47 Å². The molecule has 0 aromatic carbocycles. The first kappa shape index (κ1) is 14.8. The molecule has 4 heteroatoms. The summed E-state index contributed by atoms with van der Waals surface area (Å²) in [5.41, 5.74) is -0.612. The number of hydrogen-bond acceptors (Lipinski definition) is 4. The minimum atomic E-state index is -0.612. The third-order valence-corrected chi connectivity index (χ3v) is 4.38. The molecule has 2 saturated carbocycles. The number of esters is 1. The van der Waals surface area contributed by atoms with E-state index >= 15 is 0 Å². The lowest BCUT2D eigenvalue weighted by Gasteiger charge is -2.34. The van der Waals surface area contributed by atoms with Crippen LogP contribution in [0.1, 0.15) is 46.5 Å². The standard InChI is InChI=1S/C15H27NO3/c1-10(2)11(3)19-9-15(12-5-6-12,14(17)18-4)16-13-7-8-13/h10-13,16H,5-9H2,1-4H3. The number of carbonyl (C=O) groups is 1. The van der Waals surface area contributed by atoms with Gasteiger partial charge in [-0.25, -0.2) is 4.79 Å². The van der Waals surface area contributed by atoms with Crippen molar-refractivity contribution in [3.8, 4) is 0 Å². The zero-order valence-electron chi connectivity index (χ0n) is 12.6. The molecule has 2 fully saturated rings. The lowest BCUT2D eigenvalue weighted by molar-refractivity contribution is -0.154. The molecule has 19 heavy (non-hydrogen) atoms. The van der Waals surface area contributed by atoms with E-state index in [1.165, 1.54) is 7.11 Å². The Bertz CT molecular complexity index is 323.